The van der Waals surface area contributed by atoms with Crippen LogP contribution in [0.25, 0.3) is 17.2 Å². The number of fused-ring (bicyclic) bond motifs is 1. The van der Waals surface area contributed by atoms with Crippen molar-refractivity contribution in [2.24, 2.45) is 0 Å². The molecule has 0 saturated carbocycles. The zero-order valence-electron chi connectivity index (χ0n) is 17.3. The van der Waals surface area contributed by atoms with Crippen LogP contribution in [-0.4, -0.2) is 35.5 Å². The van der Waals surface area contributed by atoms with E-state index < -0.39 is 0 Å². The predicted octanol–water partition coefficient (Wildman–Crippen LogP) is 4.26. The van der Waals surface area contributed by atoms with Gasteiger partial charge in [-0.25, -0.2) is 9.97 Å². The van der Waals surface area contributed by atoms with Crippen molar-refractivity contribution in [2.75, 3.05) is 10.6 Å². The van der Waals surface area contributed by atoms with E-state index in [0.717, 1.165) is 22.6 Å². The van der Waals surface area contributed by atoms with Crippen LogP contribution in [0.4, 0.5) is 16.6 Å². The SMILES string of the molecule is Cc1csc(NC(=O)c2cccc(Nc3cc(C)nc4nc(-c5cccnc5)nn34)c2)n1. The van der Waals surface area contributed by atoms with Crippen LogP contribution in [0.5, 0.6) is 0 Å². The van der Waals surface area contributed by atoms with Crippen molar-refractivity contribution < 1.29 is 4.79 Å². The molecule has 0 radical (unpaired) electrons. The number of anilines is 3. The first-order valence-corrected chi connectivity index (χ1v) is 10.7. The van der Waals surface area contributed by atoms with Gasteiger partial charge in [0.1, 0.15) is 5.82 Å². The molecule has 0 spiro atoms. The van der Waals surface area contributed by atoms with E-state index in [4.69, 9.17) is 0 Å². The Morgan fingerprint density at radius 2 is 1.94 bits per heavy atom. The number of nitrogens with zero attached hydrogens (tertiary/aromatic N) is 6. The molecule has 5 aromatic rings. The highest BCUT2D eigenvalue weighted by molar-refractivity contribution is 7.13. The Hall–Kier alpha value is -4.18. The van der Waals surface area contributed by atoms with Crippen LogP contribution < -0.4 is 10.6 Å². The number of thiazole rings is 1. The van der Waals surface area contributed by atoms with E-state index in [1.54, 1.807) is 29.0 Å². The summed E-state index contributed by atoms with van der Waals surface area (Å²) in [5.41, 5.74) is 3.71. The van der Waals surface area contributed by atoms with Crippen LogP contribution in [0, 0.1) is 13.8 Å². The predicted molar refractivity (Wildman–Crippen MR) is 123 cm³/mol. The maximum absolute atomic E-state index is 12.6. The van der Waals surface area contributed by atoms with Crippen LogP contribution in [0.15, 0.2) is 60.2 Å². The van der Waals surface area contributed by atoms with Crippen LogP contribution in [0.2, 0.25) is 0 Å². The summed E-state index contributed by atoms with van der Waals surface area (Å²) in [6.07, 6.45) is 3.41. The van der Waals surface area contributed by atoms with Crippen LogP contribution in [0.3, 0.4) is 0 Å². The van der Waals surface area contributed by atoms with Crippen molar-refractivity contribution in [2.45, 2.75) is 13.8 Å². The molecular weight excluding hydrogens is 424 g/mol. The summed E-state index contributed by atoms with van der Waals surface area (Å²) in [6, 6.07) is 12.8. The third kappa shape index (κ3) is 4.03. The second-order valence-corrected chi connectivity index (χ2v) is 7.98. The number of amides is 1. The van der Waals surface area contributed by atoms with E-state index in [9.17, 15) is 4.79 Å². The Kier molecular flexibility index (Phi) is 5.04. The van der Waals surface area contributed by atoms with Crippen molar-refractivity contribution in [1.29, 1.82) is 0 Å². The first-order valence-electron chi connectivity index (χ1n) is 9.80. The standard InChI is InChI=1S/C22H18N8OS/c1-13-9-18(30-21(24-13)27-19(29-30)16-6-4-8-23-11-16)26-17-7-3-5-15(10-17)20(31)28-22-25-14(2)12-32-22/h3-12,26H,1-2H3,(H,25,28,31). The van der Waals surface area contributed by atoms with Gasteiger partial charge in [0, 0.05) is 46.3 Å². The molecule has 0 aliphatic heterocycles. The third-order valence-electron chi connectivity index (χ3n) is 4.60. The highest BCUT2D eigenvalue weighted by Crippen LogP contribution is 2.22. The second-order valence-electron chi connectivity index (χ2n) is 7.13. The van der Waals surface area contributed by atoms with E-state index in [1.807, 2.05) is 49.6 Å². The number of benzene rings is 1. The lowest BCUT2D eigenvalue weighted by Crippen LogP contribution is -2.12. The van der Waals surface area contributed by atoms with Crippen molar-refractivity contribution in [3.05, 3.63) is 77.2 Å². The van der Waals surface area contributed by atoms with Gasteiger partial charge in [0.25, 0.3) is 11.7 Å². The maximum Gasteiger partial charge on any atom is 0.257 e. The van der Waals surface area contributed by atoms with Crippen LogP contribution >= 0.6 is 11.3 Å². The van der Waals surface area contributed by atoms with Gasteiger partial charge in [0.05, 0.1) is 5.69 Å². The molecule has 0 aliphatic rings. The average molecular weight is 443 g/mol. The molecule has 5 rings (SSSR count). The largest absolute Gasteiger partial charge is 0.340 e. The summed E-state index contributed by atoms with van der Waals surface area (Å²) in [7, 11) is 0. The Bertz CT molecular complexity index is 1430. The lowest BCUT2D eigenvalue weighted by molar-refractivity contribution is 0.102. The molecule has 10 heteroatoms. The first kappa shape index (κ1) is 19.8. The fourth-order valence-electron chi connectivity index (χ4n) is 3.16. The van der Waals surface area contributed by atoms with Gasteiger partial charge in [-0.3, -0.25) is 15.1 Å². The summed E-state index contributed by atoms with van der Waals surface area (Å²) in [6.45, 7) is 3.78. The van der Waals surface area contributed by atoms with Gasteiger partial charge < -0.3 is 5.32 Å². The summed E-state index contributed by atoms with van der Waals surface area (Å²) in [5, 5.41) is 13.2. The van der Waals surface area contributed by atoms with Gasteiger partial charge >= 0.3 is 0 Å². The number of hydrogen-bond donors (Lipinski definition) is 2. The Labute approximate surface area is 187 Å². The summed E-state index contributed by atoms with van der Waals surface area (Å²) in [5.74, 6) is 1.47. The molecule has 0 unspecified atom stereocenters. The minimum Gasteiger partial charge on any atom is -0.340 e. The molecule has 4 heterocycles. The molecule has 0 bridgehead atoms. The zero-order chi connectivity index (χ0) is 22.1. The fourth-order valence-corrected chi connectivity index (χ4v) is 3.84. The lowest BCUT2D eigenvalue weighted by atomic mass is 10.2. The summed E-state index contributed by atoms with van der Waals surface area (Å²) >= 11 is 1.39. The van der Waals surface area contributed by atoms with E-state index in [-0.39, 0.29) is 5.91 Å². The third-order valence-corrected chi connectivity index (χ3v) is 5.47. The molecule has 1 amide bonds. The molecule has 32 heavy (non-hydrogen) atoms. The minimum atomic E-state index is -0.223. The van der Waals surface area contributed by atoms with Crippen LogP contribution in [-0.2, 0) is 0 Å². The second kappa shape index (κ2) is 8.16. The number of hydrogen-bond acceptors (Lipinski definition) is 8. The number of nitrogens with one attached hydrogen (secondary N) is 2. The van der Waals surface area contributed by atoms with Gasteiger partial charge in [0.15, 0.2) is 11.0 Å². The number of aromatic nitrogens is 6. The van der Waals surface area contributed by atoms with Gasteiger partial charge in [-0.1, -0.05) is 6.07 Å². The molecule has 2 N–H and O–H groups in total. The van der Waals surface area contributed by atoms with Crippen LogP contribution in [0.1, 0.15) is 21.7 Å². The van der Waals surface area contributed by atoms with Gasteiger partial charge in [0.2, 0.25) is 0 Å². The fraction of sp³-hybridized carbons (Fsp3) is 0.0909. The Morgan fingerprint density at radius 1 is 1.03 bits per heavy atom. The monoisotopic (exact) mass is 442 g/mol. The number of aryl methyl sites for hydroxylation is 2. The number of carbonyl (C=O) groups excluding carboxylic acids is 1. The lowest BCUT2D eigenvalue weighted by Gasteiger charge is -2.10. The van der Waals surface area contributed by atoms with Crippen molar-refractivity contribution in [3.63, 3.8) is 0 Å². The molecule has 9 nitrogen and oxygen atoms in total. The van der Waals surface area contributed by atoms with E-state index in [2.05, 4.69) is 35.7 Å². The number of carbonyl (C=O) groups is 1. The maximum atomic E-state index is 12.6. The molecular formula is C22H18N8OS. The quantitative estimate of drug-likeness (QED) is 0.418. The Morgan fingerprint density at radius 3 is 2.72 bits per heavy atom. The van der Waals surface area contributed by atoms with Crippen molar-refractivity contribution in [3.8, 4) is 11.4 Å². The molecule has 0 fully saturated rings. The van der Waals surface area contributed by atoms with Crippen molar-refractivity contribution >= 4 is 39.7 Å². The van der Waals surface area contributed by atoms with Gasteiger partial charge in [-0.15, -0.1) is 16.4 Å². The van der Waals surface area contributed by atoms with E-state index >= 15 is 0 Å². The molecule has 1 aromatic carbocycles. The molecule has 0 aliphatic carbocycles. The van der Waals surface area contributed by atoms with Gasteiger partial charge in [-0.2, -0.15) is 9.50 Å². The number of rotatable bonds is 5. The normalized spacial score (nSPS) is 10.9. The van der Waals surface area contributed by atoms with Gasteiger partial charge in [-0.05, 0) is 44.2 Å². The average Bonchev–Trinajstić information content (AvgIpc) is 3.40. The topological polar surface area (TPSA) is 110 Å². The highest BCUT2D eigenvalue weighted by Gasteiger charge is 2.13. The molecule has 158 valence electrons. The molecule has 0 saturated heterocycles. The first-order chi connectivity index (χ1) is 15.5. The Balaban J connectivity index is 1.45. The smallest absolute Gasteiger partial charge is 0.257 e. The summed E-state index contributed by atoms with van der Waals surface area (Å²) in [4.78, 5) is 30.1. The van der Waals surface area contributed by atoms with E-state index in [0.29, 0.717) is 28.1 Å². The highest BCUT2D eigenvalue weighted by atomic mass is 32.1. The molecule has 0 atom stereocenters. The van der Waals surface area contributed by atoms with Crippen molar-refractivity contribution in [1.82, 2.24) is 29.5 Å². The zero-order valence-corrected chi connectivity index (χ0v) is 18.1. The summed E-state index contributed by atoms with van der Waals surface area (Å²) < 4.78 is 1.64. The minimum absolute atomic E-state index is 0.223. The number of pyridine rings is 1. The van der Waals surface area contributed by atoms with E-state index in [1.165, 1.54) is 11.3 Å². The molecule has 4 aromatic heterocycles.